The van der Waals surface area contributed by atoms with Gasteiger partial charge in [-0.2, -0.15) is 0 Å². The van der Waals surface area contributed by atoms with E-state index in [9.17, 15) is 19.2 Å². The van der Waals surface area contributed by atoms with E-state index in [0.717, 1.165) is 87.9 Å². The van der Waals surface area contributed by atoms with Gasteiger partial charge >= 0.3 is 0 Å². The Morgan fingerprint density at radius 2 is 0.969 bits per heavy atom. The summed E-state index contributed by atoms with van der Waals surface area (Å²) in [4.78, 5) is 61.2. The van der Waals surface area contributed by atoms with Gasteiger partial charge in [0.25, 0.3) is 23.6 Å². The van der Waals surface area contributed by atoms with Gasteiger partial charge in [-0.1, -0.05) is 140 Å². The van der Waals surface area contributed by atoms with Gasteiger partial charge < -0.3 is 9.47 Å². The van der Waals surface area contributed by atoms with Crippen LogP contribution in [0.25, 0.3) is 43.1 Å². The normalized spacial score (nSPS) is 15.9. The molecule has 1 atom stereocenters. The van der Waals surface area contributed by atoms with Crippen molar-refractivity contribution in [3.63, 3.8) is 0 Å². The maximum atomic E-state index is 14.7. The molecule has 4 amide bonds. The number of hydrogen-bond donors (Lipinski definition) is 0. The molecule has 4 heterocycles. The first-order chi connectivity index (χ1) is 31.9. The van der Waals surface area contributed by atoms with E-state index in [-0.39, 0.29) is 35.8 Å². The van der Waals surface area contributed by atoms with Crippen molar-refractivity contribution in [3.8, 4) is 11.5 Å². The van der Waals surface area contributed by atoms with E-state index in [1.807, 2.05) is 83.6 Å². The molecule has 8 nitrogen and oxygen atoms in total. The molecule has 0 spiro atoms. The molecule has 0 radical (unpaired) electrons. The summed E-state index contributed by atoms with van der Waals surface area (Å²) in [6.45, 7) is 4.93. The summed E-state index contributed by atoms with van der Waals surface area (Å²) >= 11 is 1.55. The third-order valence-electron chi connectivity index (χ3n) is 14.3. The number of anilines is 1. The van der Waals surface area contributed by atoms with Gasteiger partial charge in [-0.15, -0.1) is 11.3 Å². The molecule has 6 aromatic carbocycles. The lowest BCUT2D eigenvalue weighted by Gasteiger charge is -2.35. The van der Waals surface area contributed by atoms with Crippen molar-refractivity contribution < 1.29 is 28.7 Å². The number of ether oxygens (including phenoxy) is 2. The second-order valence-electron chi connectivity index (χ2n) is 18.6. The van der Waals surface area contributed by atoms with Gasteiger partial charge in [-0.25, -0.2) is 4.90 Å². The summed E-state index contributed by atoms with van der Waals surface area (Å²) in [6, 6.07) is 22.8. The average molecular weight is 887 g/mol. The van der Waals surface area contributed by atoms with E-state index in [1.165, 1.54) is 69.1 Å². The standard InChI is InChI=1S/C56H58N2O6S/c1-3-5-7-9-11-13-15-17-36(18-16-14-12-10-8-6-4-2)57-53(59)43-27-23-39-41-25-29-45-52-46(30-26-42(50(41)52)40-24-28-44(54(57)60)51(43)49(39)40)56(62)58(55(45)61)37-21-19-35(20-22-37)31-38-32-63-47-33-65-34-48(47)64-38/h19-30,33-34,36,38H,3-18,31-32H2,1-2H3. The number of imide groups is 2. The predicted octanol–water partition coefficient (Wildman–Crippen LogP) is 14.2. The van der Waals surface area contributed by atoms with Crippen LogP contribution in [0.1, 0.15) is 164 Å². The van der Waals surface area contributed by atoms with Gasteiger partial charge in [-0.05, 0) is 87.1 Å². The molecule has 0 N–H and O–H groups in total. The van der Waals surface area contributed by atoms with Crippen LogP contribution in [-0.4, -0.2) is 47.3 Å². The van der Waals surface area contributed by atoms with Crippen LogP contribution in [0.2, 0.25) is 0 Å². The SMILES string of the molecule is CCCCCCCCCC(CCCCCCCCC)N1C(=O)c2ccc3c4ccc5c6c(ccc(c7ccc(c2c37)C1=O)c64)C(=O)N(c1ccc(CC2COc3cscc3O2)cc1)C5=O. The number of amides is 4. The minimum absolute atomic E-state index is 0.136. The summed E-state index contributed by atoms with van der Waals surface area (Å²) in [7, 11) is 0. The second-order valence-corrected chi connectivity index (χ2v) is 19.3. The van der Waals surface area contributed by atoms with E-state index in [1.54, 1.807) is 16.2 Å². The Morgan fingerprint density at radius 1 is 0.523 bits per heavy atom. The topological polar surface area (TPSA) is 93.2 Å². The molecule has 65 heavy (non-hydrogen) atoms. The Hall–Kier alpha value is -5.80. The number of benzene rings is 6. The first kappa shape index (κ1) is 43.1. The molecule has 3 aliphatic heterocycles. The Balaban J connectivity index is 0.942. The summed E-state index contributed by atoms with van der Waals surface area (Å²) in [5.41, 5.74) is 3.59. The van der Waals surface area contributed by atoms with E-state index in [2.05, 4.69) is 13.8 Å². The van der Waals surface area contributed by atoms with Crippen LogP contribution in [0.15, 0.2) is 83.6 Å². The van der Waals surface area contributed by atoms with Crippen LogP contribution < -0.4 is 14.4 Å². The number of unbranched alkanes of at least 4 members (excludes halogenated alkanes) is 12. The molecular weight excluding hydrogens is 829 g/mol. The highest BCUT2D eigenvalue weighted by Gasteiger charge is 2.39. The third kappa shape index (κ3) is 7.83. The lowest BCUT2D eigenvalue weighted by atomic mass is 9.82. The number of nitrogens with zero attached hydrogens (tertiary/aromatic N) is 2. The smallest absolute Gasteiger partial charge is 0.265 e. The molecular formula is C56H58N2O6S. The highest BCUT2D eigenvalue weighted by Crippen LogP contribution is 2.47. The molecule has 0 saturated carbocycles. The average Bonchev–Trinajstić information content (AvgIpc) is 3.80. The van der Waals surface area contributed by atoms with Gasteiger partial charge in [0.15, 0.2) is 11.5 Å². The number of fused-ring (bicyclic) bond motifs is 3. The van der Waals surface area contributed by atoms with Crippen molar-refractivity contribution in [3.05, 3.63) is 111 Å². The zero-order valence-corrected chi connectivity index (χ0v) is 38.5. The van der Waals surface area contributed by atoms with E-state index < -0.39 is 0 Å². The fourth-order valence-electron chi connectivity index (χ4n) is 10.9. The minimum atomic E-state index is -0.372. The zero-order valence-electron chi connectivity index (χ0n) is 37.7. The van der Waals surface area contributed by atoms with Gasteiger partial charge in [-0.3, -0.25) is 24.1 Å². The molecule has 0 saturated heterocycles. The maximum absolute atomic E-state index is 14.7. The fourth-order valence-corrected chi connectivity index (χ4v) is 11.6. The molecule has 0 bridgehead atoms. The van der Waals surface area contributed by atoms with Crippen molar-refractivity contribution >= 4 is 83.7 Å². The van der Waals surface area contributed by atoms with Crippen molar-refractivity contribution in [1.82, 2.24) is 4.90 Å². The Kier molecular flexibility index (Phi) is 12.3. The largest absolute Gasteiger partial charge is 0.485 e. The van der Waals surface area contributed by atoms with Gasteiger partial charge in [0.2, 0.25) is 0 Å². The highest BCUT2D eigenvalue weighted by molar-refractivity contribution is 7.08. The van der Waals surface area contributed by atoms with Crippen LogP contribution in [0, 0.1) is 0 Å². The van der Waals surface area contributed by atoms with Crippen molar-refractivity contribution in [1.29, 1.82) is 0 Å². The van der Waals surface area contributed by atoms with Gasteiger partial charge in [0.1, 0.15) is 12.7 Å². The zero-order chi connectivity index (χ0) is 44.6. The summed E-state index contributed by atoms with van der Waals surface area (Å²) in [5.74, 6) is 0.398. The van der Waals surface area contributed by atoms with Crippen LogP contribution in [0.4, 0.5) is 5.69 Å². The first-order valence-electron chi connectivity index (χ1n) is 24.3. The summed E-state index contributed by atoms with van der Waals surface area (Å²) in [5, 5.41) is 10.5. The number of thiophene rings is 1. The molecule has 0 aliphatic carbocycles. The third-order valence-corrected chi connectivity index (χ3v) is 15.0. The molecule has 334 valence electrons. The fraction of sp³-hybridized carbons (Fsp3) is 0.393. The maximum Gasteiger partial charge on any atom is 0.265 e. The monoisotopic (exact) mass is 886 g/mol. The minimum Gasteiger partial charge on any atom is -0.485 e. The van der Waals surface area contributed by atoms with Gasteiger partial charge in [0.05, 0.1) is 5.69 Å². The van der Waals surface area contributed by atoms with Crippen LogP contribution in [-0.2, 0) is 6.42 Å². The van der Waals surface area contributed by atoms with Crippen LogP contribution in [0.3, 0.4) is 0 Å². The number of rotatable bonds is 20. The quantitative estimate of drug-likeness (QED) is 0.0328. The number of carbonyl (C=O) groups excluding carboxylic acids is 4. The summed E-state index contributed by atoms with van der Waals surface area (Å²) in [6.07, 6.45) is 18.8. The van der Waals surface area contributed by atoms with E-state index in [0.29, 0.717) is 51.7 Å². The second kappa shape index (κ2) is 18.6. The van der Waals surface area contributed by atoms with Crippen molar-refractivity contribution in [2.45, 2.75) is 135 Å². The number of hydrogen-bond acceptors (Lipinski definition) is 7. The first-order valence-corrected chi connectivity index (χ1v) is 25.2. The lowest BCUT2D eigenvalue weighted by molar-refractivity contribution is 0.0516. The van der Waals surface area contributed by atoms with Crippen LogP contribution >= 0.6 is 11.3 Å². The number of carbonyl (C=O) groups is 4. The molecule has 3 aliphatic rings. The predicted molar refractivity (Wildman–Crippen MR) is 263 cm³/mol. The molecule has 10 rings (SSSR count). The van der Waals surface area contributed by atoms with E-state index in [4.69, 9.17) is 9.47 Å². The molecule has 1 unspecified atom stereocenters. The summed E-state index contributed by atoms with van der Waals surface area (Å²) < 4.78 is 12.0. The Labute approximate surface area is 385 Å². The molecule has 1 aromatic heterocycles. The lowest BCUT2D eigenvalue weighted by Crippen LogP contribution is -2.47. The highest BCUT2D eigenvalue weighted by atomic mass is 32.1. The Bertz CT molecular complexity index is 2800. The van der Waals surface area contributed by atoms with Gasteiger partial charge in [0, 0.05) is 56.2 Å². The van der Waals surface area contributed by atoms with Crippen molar-refractivity contribution in [2.24, 2.45) is 0 Å². The molecule has 7 aromatic rings. The van der Waals surface area contributed by atoms with Crippen LogP contribution in [0.5, 0.6) is 11.5 Å². The van der Waals surface area contributed by atoms with E-state index >= 15 is 0 Å². The molecule has 0 fully saturated rings. The molecule has 9 heteroatoms. The Morgan fingerprint density at radius 3 is 1.46 bits per heavy atom. The van der Waals surface area contributed by atoms with Crippen molar-refractivity contribution in [2.75, 3.05) is 11.5 Å².